The molecular formula is C18H25N3O5S. The maximum Gasteiger partial charge on any atom is 0.408 e. The smallest absolute Gasteiger partial charge is 0.408 e. The lowest BCUT2D eigenvalue weighted by atomic mass is 9.77. The summed E-state index contributed by atoms with van der Waals surface area (Å²) in [5, 5.41) is 2.92. The number of ether oxygens (including phenoxy) is 2. The predicted octanol–water partition coefficient (Wildman–Crippen LogP) is 2.06. The normalized spacial score (nSPS) is 19.9. The molecule has 9 heteroatoms. The van der Waals surface area contributed by atoms with Crippen LogP contribution < -0.4 is 15.8 Å². The molecule has 0 aromatic heterocycles. The fraction of sp³-hybridized carbons (Fsp3) is 0.556. The van der Waals surface area contributed by atoms with Crippen LogP contribution in [-0.2, 0) is 20.5 Å². The first-order valence-electron chi connectivity index (χ1n) is 8.83. The van der Waals surface area contributed by atoms with Crippen LogP contribution in [0.3, 0.4) is 0 Å². The van der Waals surface area contributed by atoms with E-state index in [4.69, 9.17) is 15.2 Å². The summed E-state index contributed by atoms with van der Waals surface area (Å²) < 4.78 is 38.4. The topological polar surface area (TPSA) is 120 Å². The minimum absolute atomic E-state index is 0.0744. The second-order valence-electron chi connectivity index (χ2n) is 8.04. The summed E-state index contributed by atoms with van der Waals surface area (Å²) in [5.74, 6) is 0.178. The summed E-state index contributed by atoms with van der Waals surface area (Å²) >= 11 is 0. The lowest BCUT2D eigenvalue weighted by molar-refractivity contribution is 0.0293. The van der Waals surface area contributed by atoms with E-state index in [1.54, 1.807) is 18.2 Å². The first kappa shape index (κ1) is 19.5. The minimum atomic E-state index is -3.60. The van der Waals surface area contributed by atoms with Crippen LogP contribution in [0.25, 0.3) is 0 Å². The standard InChI is InChI=1S/C18H25N3O5S/c1-17(2,3)26-16(22)20-18(8-5-9-18)11-25-13-7-4-6-12-10-27(23,24)21-15(19)14(12)13/h4,6-7H,5,8-11H2,1-3H3,(H2,19,21)(H,20,22). The highest BCUT2D eigenvalue weighted by atomic mass is 32.2. The van der Waals surface area contributed by atoms with Crippen molar-refractivity contribution in [1.29, 1.82) is 0 Å². The Labute approximate surface area is 159 Å². The van der Waals surface area contributed by atoms with Gasteiger partial charge in [0.25, 0.3) is 10.0 Å². The van der Waals surface area contributed by atoms with Gasteiger partial charge in [0.1, 0.15) is 23.8 Å². The van der Waals surface area contributed by atoms with Crippen molar-refractivity contribution >= 4 is 22.0 Å². The molecule has 148 valence electrons. The molecule has 1 heterocycles. The van der Waals surface area contributed by atoms with Crippen LogP contribution in [0.15, 0.2) is 22.6 Å². The van der Waals surface area contributed by atoms with E-state index in [2.05, 4.69) is 9.71 Å². The van der Waals surface area contributed by atoms with Gasteiger partial charge in [0.05, 0.1) is 16.9 Å². The number of alkyl carbamates (subject to hydrolysis) is 1. The van der Waals surface area contributed by atoms with Crippen molar-refractivity contribution in [1.82, 2.24) is 5.32 Å². The third-order valence-electron chi connectivity index (χ3n) is 4.52. The van der Waals surface area contributed by atoms with Gasteiger partial charge in [0, 0.05) is 0 Å². The zero-order chi connectivity index (χ0) is 19.9. The molecule has 1 aromatic rings. The van der Waals surface area contributed by atoms with Crippen molar-refractivity contribution in [2.24, 2.45) is 10.1 Å². The Bertz CT molecular complexity index is 883. The molecule has 0 bridgehead atoms. The van der Waals surface area contributed by atoms with Crippen LogP contribution in [0.5, 0.6) is 5.75 Å². The van der Waals surface area contributed by atoms with E-state index in [0.29, 0.717) is 16.9 Å². The molecule has 1 aromatic carbocycles. The Hall–Kier alpha value is -2.29. The molecule has 0 saturated heterocycles. The first-order chi connectivity index (χ1) is 12.5. The van der Waals surface area contributed by atoms with E-state index >= 15 is 0 Å². The molecular weight excluding hydrogens is 370 g/mol. The van der Waals surface area contributed by atoms with Crippen molar-refractivity contribution < 1.29 is 22.7 Å². The number of hydrogen-bond donors (Lipinski definition) is 2. The van der Waals surface area contributed by atoms with Crippen LogP contribution in [0.4, 0.5) is 4.79 Å². The maximum atomic E-state index is 12.1. The van der Waals surface area contributed by atoms with Gasteiger partial charge in [-0.05, 0) is 51.7 Å². The lowest BCUT2D eigenvalue weighted by Crippen LogP contribution is -2.58. The van der Waals surface area contributed by atoms with Crippen molar-refractivity contribution in [3.63, 3.8) is 0 Å². The van der Waals surface area contributed by atoms with Crippen LogP contribution in [0.2, 0.25) is 0 Å². The molecule has 1 fully saturated rings. The number of nitrogens with zero attached hydrogens (tertiary/aromatic N) is 1. The molecule has 0 radical (unpaired) electrons. The highest BCUT2D eigenvalue weighted by Gasteiger charge is 2.41. The van der Waals surface area contributed by atoms with Gasteiger partial charge in [0.2, 0.25) is 0 Å². The van der Waals surface area contributed by atoms with E-state index < -0.39 is 27.3 Å². The summed E-state index contributed by atoms with van der Waals surface area (Å²) in [4.78, 5) is 12.1. The molecule has 0 atom stereocenters. The highest BCUT2D eigenvalue weighted by molar-refractivity contribution is 7.89. The molecule has 1 saturated carbocycles. The van der Waals surface area contributed by atoms with Crippen molar-refractivity contribution in [3.8, 4) is 5.75 Å². The summed E-state index contributed by atoms with van der Waals surface area (Å²) in [6.45, 7) is 5.66. The number of benzene rings is 1. The monoisotopic (exact) mass is 395 g/mol. The molecule has 1 aliphatic carbocycles. The Balaban J connectivity index is 1.74. The van der Waals surface area contributed by atoms with Gasteiger partial charge >= 0.3 is 6.09 Å². The lowest BCUT2D eigenvalue weighted by Gasteiger charge is -2.42. The van der Waals surface area contributed by atoms with E-state index in [9.17, 15) is 13.2 Å². The highest BCUT2D eigenvalue weighted by Crippen LogP contribution is 2.34. The quantitative estimate of drug-likeness (QED) is 0.805. The third-order valence-corrected chi connectivity index (χ3v) is 5.68. The maximum absolute atomic E-state index is 12.1. The Kier molecular flexibility index (Phi) is 4.83. The fourth-order valence-electron chi connectivity index (χ4n) is 3.18. The SMILES string of the molecule is CC(C)(C)OC(=O)NC1(COc2cccc3c2C(N)=NS(=O)(=O)C3)CCC1. The molecule has 1 aliphatic heterocycles. The molecule has 1 amide bonds. The summed E-state index contributed by atoms with van der Waals surface area (Å²) in [5.41, 5.74) is 5.84. The number of amidine groups is 1. The molecule has 2 aliphatic rings. The minimum Gasteiger partial charge on any atom is -0.490 e. The van der Waals surface area contributed by atoms with E-state index in [0.717, 1.165) is 19.3 Å². The number of hydrogen-bond acceptors (Lipinski definition) is 6. The number of carbonyl (C=O) groups excluding carboxylic acids is 1. The number of carbonyl (C=O) groups is 1. The van der Waals surface area contributed by atoms with Gasteiger partial charge in [-0.25, -0.2) is 13.2 Å². The average molecular weight is 395 g/mol. The average Bonchev–Trinajstić information content (AvgIpc) is 2.46. The second kappa shape index (κ2) is 6.70. The predicted molar refractivity (Wildman–Crippen MR) is 101 cm³/mol. The largest absolute Gasteiger partial charge is 0.490 e. The molecule has 3 rings (SSSR count). The summed E-state index contributed by atoms with van der Waals surface area (Å²) in [6, 6.07) is 5.13. The number of sulfonamides is 1. The molecule has 8 nitrogen and oxygen atoms in total. The fourth-order valence-corrected chi connectivity index (χ4v) is 4.27. The Morgan fingerprint density at radius 3 is 2.63 bits per heavy atom. The number of nitrogens with two attached hydrogens (primary N) is 1. The van der Waals surface area contributed by atoms with Gasteiger partial charge < -0.3 is 20.5 Å². The number of fused-ring (bicyclic) bond motifs is 1. The number of rotatable bonds is 4. The van der Waals surface area contributed by atoms with Gasteiger partial charge in [-0.15, -0.1) is 4.40 Å². The van der Waals surface area contributed by atoms with Gasteiger partial charge in [-0.1, -0.05) is 12.1 Å². The van der Waals surface area contributed by atoms with E-state index in [1.807, 2.05) is 20.8 Å². The number of nitrogens with one attached hydrogen (secondary N) is 1. The van der Waals surface area contributed by atoms with Crippen LogP contribution in [0.1, 0.15) is 51.2 Å². The number of amides is 1. The van der Waals surface area contributed by atoms with Crippen LogP contribution >= 0.6 is 0 Å². The first-order valence-corrected chi connectivity index (χ1v) is 10.4. The Morgan fingerprint density at radius 2 is 2.04 bits per heavy atom. The third kappa shape index (κ3) is 4.52. The summed E-state index contributed by atoms with van der Waals surface area (Å²) in [7, 11) is -3.60. The zero-order valence-corrected chi connectivity index (χ0v) is 16.6. The zero-order valence-electron chi connectivity index (χ0n) is 15.7. The van der Waals surface area contributed by atoms with Crippen LogP contribution in [0, 0.1) is 0 Å². The molecule has 0 unspecified atom stereocenters. The van der Waals surface area contributed by atoms with Crippen molar-refractivity contribution in [3.05, 3.63) is 29.3 Å². The van der Waals surface area contributed by atoms with Gasteiger partial charge in [-0.3, -0.25) is 0 Å². The van der Waals surface area contributed by atoms with Crippen LogP contribution in [-0.4, -0.2) is 38.1 Å². The van der Waals surface area contributed by atoms with Crippen molar-refractivity contribution in [2.75, 3.05) is 6.61 Å². The Morgan fingerprint density at radius 1 is 1.33 bits per heavy atom. The second-order valence-corrected chi connectivity index (χ2v) is 9.68. The van der Waals surface area contributed by atoms with E-state index in [1.165, 1.54) is 0 Å². The molecule has 3 N–H and O–H groups in total. The van der Waals surface area contributed by atoms with Gasteiger partial charge in [0.15, 0.2) is 0 Å². The summed E-state index contributed by atoms with van der Waals surface area (Å²) in [6.07, 6.45) is 2.06. The van der Waals surface area contributed by atoms with Crippen molar-refractivity contribution in [2.45, 2.75) is 56.9 Å². The molecule has 0 spiro atoms. The van der Waals surface area contributed by atoms with Gasteiger partial charge in [-0.2, -0.15) is 0 Å². The molecule has 27 heavy (non-hydrogen) atoms. The van der Waals surface area contributed by atoms with E-state index in [-0.39, 0.29) is 18.2 Å².